The van der Waals surface area contributed by atoms with Crippen molar-refractivity contribution in [2.24, 2.45) is 17.8 Å². The molecule has 0 spiro atoms. The molecule has 0 heterocycles. The molecule has 2 saturated carbocycles. The summed E-state index contributed by atoms with van der Waals surface area (Å²) in [6.07, 6.45) is 14.6. The standard InChI is InChI=1S/C28H35F4NO/c29-26(20-33)5-3-1-2-4-21-6-8-22(9-7-21)10-11-23-12-14-24(15-13-23)25-16-18-27(19-17-25)34-28(30,31)32/h1,3,5,16-19,21-24H,2,4,6-15H2/b3-1+,26-5-. The topological polar surface area (TPSA) is 33.0 Å². The molecule has 2 aliphatic rings. The van der Waals surface area contributed by atoms with Crippen molar-refractivity contribution in [2.45, 2.75) is 89.3 Å². The van der Waals surface area contributed by atoms with Gasteiger partial charge in [-0.3, -0.25) is 0 Å². The van der Waals surface area contributed by atoms with Gasteiger partial charge in [0, 0.05) is 0 Å². The Morgan fingerprint density at radius 1 is 0.882 bits per heavy atom. The van der Waals surface area contributed by atoms with Crippen molar-refractivity contribution in [3.8, 4) is 11.8 Å². The number of ether oxygens (including phenoxy) is 1. The highest BCUT2D eigenvalue weighted by Gasteiger charge is 2.31. The zero-order valence-corrected chi connectivity index (χ0v) is 19.7. The molecule has 0 atom stereocenters. The fourth-order valence-electron chi connectivity index (χ4n) is 5.62. The normalized spacial score (nSPS) is 26.4. The van der Waals surface area contributed by atoms with Crippen molar-refractivity contribution in [1.82, 2.24) is 0 Å². The Morgan fingerprint density at radius 2 is 1.41 bits per heavy atom. The van der Waals surface area contributed by atoms with Crippen LogP contribution in [0.25, 0.3) is 0 Å². The zero-order chi connectivity index (χ0) is 24.4. The minimum Gasteiger partial charge on any atom is -0.406 e. The molecule has 2 nitrogen and oxygen atoms in total. The van der Waals surface area contributed by atoms with Crippen LogP contribution in [0, 0.1) is 29.1 Å². The van der Waals surface area contributed by atoms with Gasteiger partial charge in [-0.25, -0.2) is 0 Å². The third kappa shape index (κ3) is 9.16. The maximum Gasteiger partial charge on any atom is 0.573 e. The van der Waals surface area contributed by atoms with Crippen molar-refractivity contribution in [1.29, 1.82) is 5.26 Å². The van der Waals surface area contributed by atoms with Crippen LogP contribution in [0.1, 0.15) is 88.5 Å². The van der Waals surface area contributed by atoms with Crippen LogP contribution < -0.4 is 4.74 Å². The van der Waals surface area contributed by atoms with Gasteiger partial charge in [0.15, 0.2) is 5.83 Å². The lowest BCUT2D eigenvalue weighted by Gasteiger charge is -2.32. The fourth-order valence-corrected chi connectivity index (χ4v) is 5.62. The number of rotatable bonds is 9. The molecule has 1 aromatic rings. The zero-order valence-electron chi connectivity index (χ0n) is 19.7. The smallest absolute Gasteiger partial charge is 0.406 e. The maximum absolute atomic E-state index is 12.7. The van der Waals surface area contributed by atoms with Gasteiger partial charge in [0.1, 0.15) is 11.8 Å². The van der Waals surface area contributed by atoms with Crippen molar-refractivity contribution < 1.29 is 22.3 Å². The van der Waals surface area contributed by atoms with E-state index < -0.39 is 12.2 Å². The largest absolute Gasteiger partial charge is 0.573 e. The molecule has 0 bridgehead atoms. The first-order valence-electron chi connectivity index (χ1n) is 12.6. The van der Waals surface area contributed by atoms with E-state index in [2.05, 4.69) is 4.74 Å². The first kappa shape index (κ1) is 26.3. The van der Waals surface area contributed by atoms with Crippen LogP contribution in [-0.2, 0) is 0 Å². The first-order chi connectivity index (χ1) is 16.3. The number of allylic oxidation sites excluding steroid dienone is 4. The average molecular weight is 478 g/mol. The summed E-state index contributed by atoms with van der Waals surface area (Å²) in [6.45, 7) is 0. The summed E-state index contributed by atoms with van der Waals surface area (Å²) in [5, 5.41) is 8.38. The van der Waals surface area contributed by atoms with Gasteiger partial charge in [-0.05, 0) is 86.0 Å². The molecule has 0 unspecified atom stereocenters. The van der Waals surface area contributed by atoms with Gasteiger partial charge < -0.3 is 4.74 Å². The van der Waals surface area contributed by atoms with Crippen LogP contribution in [0.15, 0.2) is 48.3 Å². The number of hydrogen-bond acceptors (Lipinski definition) is 2. The lowest BCUT2D eigenvalue weighted by Crippen LogP contribution is -2.18. The Hall–Kier alpha value is -2.29. The summed E-state index contributed by atoms with van der Waals surface area (Å²) in [5.74, 6) is 1.90. The second-order valence-corrected chi connectivity index (χ2v) is 9.93. The summed E-state index contributed by atoms with van der Waals surface area (Å²) in [4.78, 5) is 0. The van der Waals surface area contributed by atoms with Crippen LogP contribution in [0.5, 0.6) is 5.75 Å². The molecule has 0 saturated heterocycles. The van der Waals surface area contributed by atoms with Crippen LogP contribution in [0.4, 0.5) is 17.6 Å². The molecule has 186 valence electrons. The highest BCUT2D eigenvalue weighted by Crippen LogP contribution is 2.40. The lowest BCUT2D eigenvalue weighted by molar-refractivity contribution is -0.274. The quantitative estimate of drug-likeness (QED) is 0.202. The van der Waals surface area contributed by atoms with E-state index in [-0.39, 0.29) is 5.75 Å². The molecule has 0 amide bonds. The van der Waals surface area contributed by atoms with E-state index in [0.29, 0.717) is 5.92 Å². The summed E-state index contributed by atoms with van der Waals surface area (Å²) < 4.78 is 53.7. The van der Waals surface area contributed by atoms with Gasteiger partial charge >= 0.3 is 6.36 Å². The molecule has 0 radical (unpaired) electrons. The lowest BCUT2D eigenvalue weighted by atomic mass is 9.74. The summed E-state index contributed by atoms with van der Waals surface area (Å²) in [7, 11) is 0. The van der Waals surface area contributed by atoms with Crippen LogP contribution >= 0.6 is 0 Å². The Balaban J connectivity index is 1.29. The number of nitriles is 1. The Labute approximate surface area is 200 Å². The molecule has 0 aromatic heterocycles. The third-order valence-corrected chi connectivity index (χ3v) is 7.61. The van der Waals surface area contributed by atoms with E-state index in [1.54, 1.807) is 18.2 Å². The summed E-state index contributed by atoms with van der Waals surface area (Å²) in [5.41, 5.74) is 1.12. The van der Waals surface area contributed by atoms with Gasteiger partial charge in [0.25, 0.3) is 0 Å². The highest BCUT2D eigenvalue weighted by atomic mass is 19.4. The maximum atomic E-state index is 12.7. The molecule has 0 aliphatic heterocycles. The first-order valence-corrected chi connectivity index (χ1v) is 12.6. The Kier molecular flexibility index (Phi) is 10.0. The van der Waals surface area contributed by atoms with E-state index in [4.69, 9.17) is 5.26 Å². The predicted octanol–water partition coefficient (Wildman–Crippen LogP) is 9.16. The van der Waals surface area contributed by atoms with Crippen molar-refractivity contribution in [3.63, 3.8) is 0 Å². The van der Waals surface area contributed by atoms with Gasteiger partial charge in [-0.2, -0.15) is 9.65 Å². The Morgan fingerprint density at radius 3 is 1.94 bits per heavy atom. The third-order valence-electron chi connectivity index (χ3n) is 7.61. The Bertz CT molecular complexity index is 837. The van der Waals surface area contributed by atoms with Crippen molar-refractivity contribution in [3.05, 3.63) is 53.9 Å². The number of alkyl halides is 3. The van der Waals surface area contributed by atoms with Gasteiger partial charge in [-0.1, -0.05) is 62.8 Å². The SMILES string of the molecule is N#C/C(F)=C/C=C/CCC1CCC(CCC2CCC(c3ccc(OC(F)(F)F)cc3)CC2)CC1. The number of nitrogens with zero attached hydrogens (tertiary/aromatic N) is 1. The minimum atomic E-state index is -4.64. The molecule has 2 fully saturated rings. The second-order valence-electron chi connectivity index (χ2n) is 9.93. The second kappa shape index (κ2) is 13.0. The van der Waals surface area contributed by atoms with Crippen LogP contribution in [0.3, 0.4) is 0 Å². The number of benzene rings is 1. The fraction of sp³-hybridized carbons (Fsp3) is 0.607. The van der Waals surface area contributed by atoms with Crippen molar-refractivity contribution in [2.75, 3.05) is 0 Å². The highest BCUT2D eigenvalue weighted by molar-refractivity contribution is 5.29. The summed E-state index contributed by atoms with van der Waals surface area (Å²) >= 11 is 0. The van der Waals surface area contributed by atoms with Crippen LogP contribution in [0.2, 0.25) is 0 Å². The van der Waals surface area contributed by atoms with E-state index in [0.717, 1.165) is 49.0 Å². The molecular formula is C28H35F4NO. The number of hydrogen-bond donors (Lipinski definition) is 0. The van der Waals surface area contributed by atoms with Gasteiger partial charge in [0.05, 0.1) is 0 Å². The van der Waals surface area contributed by atoms with E-state index in [1.165, 1.54) is 75.6 Å². The van der Waals surface area contributed by atoms with Crippen molar-refractivity contribution >= 4 is 0 Å². The van der Waals surface area contributed by atoms with E-state index in [9.17, 15) is 17.6 Å². The van der Waals surface area contributed by atoms with Gasteiger partial charge in [0.2, 0.25) is 0 Å². The van der Waals surface area contributed by atoms with Gasteiger partial charge in [-0.15, -0.1) is 13.2 Å². The molecule has 34 heavy (non-hydrogen) atoms. The van der Waals surface area contributed by atoms with E-state index in [1.807, 2.05) is 6.08 Å². The molecule has 6 heteroatoms. The molecule has 1 aromatic carbocycles. The predicted molar refractivity (Wildman–Crippen MR) is 126 cm³/mol. The summed E-state index contributed by atoms with van der Waals surface area (Å²) in [6, 6.07) is 7.88. The van der Waals surface area contributed by atoms with Crippen LogP contribution in [-0.4, -0.2) is 6.36 Å². The van der Waals surface area contributed by atoms with E-state index >= 15 is 0 Å². The minimum absolute atomic E-state index is 0.153. The molecule has 3 rings (SSSR count). The molecular weight excluding hydrogens is 442 g/mol. The molecule has 2 aliphatic carbocycles. The number of halogens is 4. The molecule has 0 N–H and O–H groups in total. The average Bonchev–Trinajstić information content (AvgIpc) is 2.83. The monoisotopic (exact) mass is 477 g/mol.